The third-order valence-electron chi connectivity index (χ3n) is 6.67. The highest BCUT2D eigenvalue weighted by atomic mass is 16.4. The third kappa shape index (κ3) is 3.75. The fourth-order valence-corrected chi connectivity index (χ4v) is 5.02. The Hall–Kier alpha value is -4.39. The highest BCUT2D eigenvalue weighted by molar-refractivity contribution is 5.87. The van der Waals surface area contributed by atoms with Gasteiger partial charge in [0.2, 0.25) is 0 Å². The quantitative estimate of drug-likeness (QED) is 0.381. The van der Waals surface area contributed by atoms with Crippen molar-refractivity contribution in [2.45, 2.75) is 32.4 Å². The van der Waals surface area contributed by atoms with Gasteiger partial charge in [0.05, 0.1) is 29.4 Å². The fourth-order valence-electron chi connectivity index (χ4n) is 5.02. The van der Waals surface area contributed by atoms with Gasteiger partial charge in [-0.3, -0.25) is 18.7 Å². The van der Waals surface area contributed by atoms with E-state index in [-0.39, 0.29) is 0 Å². The van der Waals surface area contributed by atoms with Crippen LogP contribution in [-0.4, -0.2) is 25.2 Å². The maximum atomic E-state index is 14.1. The topological polar surface area (TPSA) is 97.1 Å². The smallest absolute Gasteiger partial charge is 0.332 e. The monoisotopic (exact) mass is 467 g/mol. The summed E-state index contributed by atoms with van der Waals surface area (Å²) in [6.07, 6.45) is 1.50. The lowest BCUT2D eigenvalue weighted by Gasteiger charge is -2.24. The first-order chi connectivity index (χ1) is 16.9. The lowest BCUT2D eigenvalue weighted by molar-refractivity contribution is -0.137. The predicted molar refractivity (Wildman–Crippen MR) is 136 cm³/mol. The van der Waals surface area contributed by atoms with Crippen LogP contribution in [0.25, 0.3) is 21.8 Å². The minimum Gasteiger partial charge on any atom is -0.481 e. The van der Waals surface area contributed by atoms with Gasteiger partial charge in [-0.15, -0.1) is 0 Å². The number of para-hydroxylation sites is 1. The molecular weight excluding hydrogens is 442 g/mol. The van der Waals surface area contributed by atoms with Gasteiger partial charge in [-0.1, -0.05) is 54.6 Å². The molecule has 0 aliphatic carbocycles. The Morgan fingerprint density at radius 2 is 1.66 bits per heavy atom. The molecule has 2 aromatic heterocycles. The van der Waals surface area contributed by atoms with E-state index in [0.717, 1.165) is 26.6 Å². The van der Waals surface area contributed by atoms with E-state index in [2.05, 4.69) is 4.98 Å². The van der Waals surface area contributed by atoms with Gasteiger partial charge in [0.15, 0.2) is 0 Å². The van der Waals surface area contributed by atoms with Crippen molar-refractivity contribution in [2.75, 3.05) is 0 Å². The number of nitrogens with zero attached hydrogens (tertiary/aromatic N) is 2. The van der Waals surface area contributed by atoms with Crippen LogP contribution in [0.4, 0.5) is 0 Å². The molecule has 3 aromatic carbocycles. The maximum Gasteiger partial charge on any atom is 0.332 e. The van der Waals surface area contributed by atoms with Crippen LogP contribution in [0, 0.1) is 6.92 Å². The molecule has 5 aromatic rings. The molecule has 35 heavy (non-hydrogen) atoms. The van der Waals surface area contributed by atoms with Gasteiger partial charge >= 0.3 is 11.7 Å². The van der Waals surface area contributed by atoms with E-state index in [1.54, 1.807) is 53.1 Å². The molecule has 7 nitrogen and oxygen atoms in total. The minimum absolute atomic E-state index is 0.363. The number of rotatable bonds is 6. The van der Waals surface area contributed by atoms with Crippen molar-refractivity contribution in [1.82, 2.24) is 14.1 Å². The Kier molecular flexibility index (Phi) is 5.61. The van der Waals surface area contributed by atoms with Crippen LogP contribution in [-0.2, 0) is 4.79 Å². The van der Waals surface area contributed by atoms with Crippen molar-refractivity contribution in [2.24, 2.45) is 0 Å². The zero-order chi connectivity index (χ0) is 24.7. The SMILES string of the molecule is Cc1cccc2[nH]cc(C(C)n3c(=O)n([C@H](CC(=O)O)c4ccccc4)c(=O)c4ccccc43)c12. The molecule has 1 unspecified atom stereocenters. The highest BCUT2D eigenvalue weighted by Gasteiger charge is 2.26. The number of carboxylic acid groups (broad SMARTS) is 1. The molecule has 0 radical (unpaired) electrons. The third-order valence-corrected chi connectivity index (χ3v) is 6.67. The zero-order valence-corrected chi connectivity index (χ0v) is 19.4. The number of aryl methyl sites for hydroxylation is 1. The van der Waals surface area contributed by atoms with Gasteiger partial charge in [0.25, 0.3) is 5.56 Å². The number of carboxylic acids is 1. The van der Waals surface area contributed by atoms with E-state index < -0.39 is 35.7 Å². The normalized spacial score (nSPS) is 13.2. The van der Waals surface area contributed by atoms with Crippen molar-refractivity contribution < 1.29 is 9.90 Å². The number of hydrogen-bond donors (Lipinski definition) is 2. The Balaban J connectivity index is 1.83. The number of carbonyl (C=O) groups is 1. The molecule has 0 spiro atoms. The molecule has 0 saturated heterocycles. The molecule has 0 bridgehead atoms. The largest absolute Gasteiger partial charge is 0.481 e. The van der Waals surface area contributed by atoms with Gasteiger partial charge in [-0.05, 0) is 43.2 Å². The summed E-state index contributed by atoms with van der Waals surface area (Å²) in [5.41, 5.74) is 3.02. The van der Waals surface area contributed by atoms with Gasteiger partial charge < -0.3 is 10.1 Å². The summed E-state index contributed by atoms with van der Waals surface area (Å²) < 4.78 is 2.70. The van der Waals surface area contributed by atoms with Crippen LogP contribution in [0.5, 0.6) is 0 Å². The summed E-state index contributed by atoms with van der Waals surface area (Å²) in [5.74, 6) is -1.09. The molecule has 0 saturated carbocycles. The Bertz CT molecular complexity index is 1680. The van der Waals surface area contributed by atoms with Gasteiger partial charge in [-0.25, -0.2) is 4.79 Å². The van der Waals surface area contributed by atoms with E-state index in [9.17, 15) is 19.5 Å². The number of H-pyrrole nitrogens is 1. The molecule has 2 atom stereocenters. The second-order valence-electron chi connectivity index (χ2n) is 8.79. The first kappa shape index (κ1) is 22.4. The van der Waals surface area contributed by atoms with E-state index in [1.165, 1.54) is 0 Å². The van der Waals surface area contributed by atoms with Crippen LogP contribution in [0.2, 0.25) is 0 Å². The molecular formula is C28H25N3O4. The molecule has 176 valence electrons. The van der Waals surface area contributed by atoms with Crippen LogP contribution in [0.1, 0.15) is 42.1 Å². The lowest BCUT2D eigenvalue weighted by atomic mass is 10.0. The second-order valence-corrected chi connectivity index (χ2v) is 8.79. The first-order valence-electron chi connectivity index (χ1n) is 11.5. The summed E-state index contributed by atoms with van der Waals surface area (Å²) in [5, 5.41) is 11.0. The van der Waals surface area contributed by atoms with Crippen molar-refractivity contribution in [1.29, 1.82) is 0 Å². The molecule has 0 amide bonds. The number of nitrogens with one attached hydrogen (secondary N) is 1. The van der Waals surface area contributed by atoms with E-state index in [0.29, 0.717) is 16.5 Å². The molecule has 0 aliphatic heterocycles. The van der Waals surface area contributed by atoms with E-state index in [4.69, 9.17) is 0 Å². The van der Waals surface area contributed by atoms with Gasteiger partial charge in [-0.2, -0.15) is 0 Å². The fraction of sp³-hybridized carbons (Fsp3) is 0.179. The minimum atomic E-state index is -1.09. The number of fused-ring (bicyclic) bond motifs is 2. The van der Waals surface area contributed by atoms with Crippen molar-refractivity contribution in [3.63, 3.8) is 0 Å². The molecule has 7 heteroatoms. The zero-order valence-electron chi connectivity index (χ0n) is 19.4. The Labute approximate surface area is 200 Å². The van der Waals surface area contributed by atoms with Crippen LogP contribution < -0.4 is 11.2 Å². The summed E-state index contributed by atoms with van der Waals surface area (Å²) in [6, 6.07) is 20.4. The van der Waals surface area contributed by atoms with Gasteiger partial charge in [0.1, 0.15) is 0 Å². The molecule has 0 aliphatic rings. The molecule has 0 fully saturated rings. The lowest BCUT2D eigenvalue weighted by Crippen LogP contribution is -2.44. The average molecular weight is 468 g/mol. The number of aromatic nitrogens is 3. The number of aromatic amines is 1. The molecule has 2 heterocycles. The van der Waals surface area contributed by atoms with Crippen LogP contribution >= 0.6 is 0 Å². The van der Waals surface area contributed by atoms with Gasteiger partial charge in [0, 0.05) is 22.7 Å². The average Bonchev–Trinajstić information content (AvgIpc) is 3.29. The Morgan fingerprint density at radius 1 is 0.943 bits per heavy atom. The summed E-state index contributed by atoms with van der Waals surface area (Å²) >= 11 is 0. The van der Waals surface area contributed by atoms with E-state index >= 15 is 0 Å². The first-order valence-corrected chi connectivity index (χ1v) is 11.5. The van der Waals surface area contributed by atoms with Crippen LogP contribution in [0.3, 0.4) is 0 Å². The maximum absolute atomic E-state index is 14.1. The van der Waals surface area contributed by atoms with E-state index in [1.807, 2.05) is 44.3 Å². The number of benzene rings is 3. The second kappa shape index (κ2) is 8.76. The highest BCUT2D eigenvalue weighted by Crippen LogP contribution is 2.30. The number of hydrogen-bond acceptors (Lipinski definition) is 3. The van der Waals surface area contributed by atoms with Crippen molar-refractivity contribution in [3.8, 4) is 0 Å². The molecule has 2 N–H and O–H groups in total. The predicted octanol–water partition coefficient (Wildman–Crippen LogP) is 4.63. The van der Waals surface area contributed by atoms with Crippen LogP contribution in [0.15, 0.2) is 88.6 Å². The standard InChI is InChI=1S/C28H25N3O4/c1-17-9-8-13-22-26(17)21(16-29-22)18(2)30-23-14-7-6-12-20(23)27(34)31(28(30)35)24(15-25(32)33)19-10-4-3-5-11-19/h3-14,16,18,24,29H,15H2,1-2H3,(H,32,33)/t18?,24-/m1/s1. The van der Waals surface area contributed by atoms with Crippen molar-refractivity contribution >= 4 is 27.8 Å². The summed E-state index contributed by atoms with van der Waals surface area (Å²) in [4.78, 5) is 42.8. The number of aliphatic carboxylic acids is 1. The summed E-state index contributed by atoms with van der Waals surface area (Å²) in [7, 11) is 0. The van der Waals surface area contributed by atoms with Crippen molar-refractivity contribution in [3.05, 3.63) is 117 Å². The summed E-state index contributed by atoms with van der Waals surface area (Å²) in [6.45, 7) is 3.94. The Morgan fingerprint density at radius 3 is 2.40 bits per heavy atom. The molecule has 5 rings (SSSR count).